The van der Waals surface area contributed by atoms with Crippen LogP contribution in [0.2, 0.25) is 0 Å². The van der Waals surface area contributed by atoms with Crippen molar-refractivity contribution in [2.75, 3.05) is 6.54 Å². The third-order valence-electron chi connectivity index (χ3n) is 4.07. The summed E-state index contributed by atoms with van der Waals surface area (Å²) in [6.07, 6.45) is 7.43. The highest BCUT2D eigenvalue weighted by molar-refractivity contribution is 5.37. The van der Waals surface area contributed by atoms with Crippen LogP contribution in [-0.4, -0.2) is 11.5 Å². The van der Waals surface area contributed by atoms with Crippen molar-refractivity contribution < 1.29 is 13.7 Å². The average Bonchev–Trinajstić information content (AvgIpc) is 2.93. The van der Waals surface area contributed by atoms with E-state index in [1.165, 1.54) is 32.1 Å². The van der Waals surface area contributed by atoms with Crippen molar-refractivity contribution in [3.63, 3.8) is 0 Å². The standard InChI is InChI=1S/C15H20F2N2O2/c16-13-9-14(17)15(19(20)21)8-12(13)10-18-7-3-6-11-4-1-2-5-11/h8-9,11,18H,1-7,10H2. The minimum absolute atomic E-state index is 0.129. The Kier molecular flexibility index (Phi) is 5.61. The minimum Gasteiger partial charge on any atom is -0.313 e. The SMILES string of the molecule is O=[N+]([O-])c1cc(CNCCCC2CCCC2)c(F)cc1F. The topological polar surface area (TPSA) is 55.2 Å². The van der Waals surface area contributed by atoms with Gasteiger partial charge in [0.2, 0.25) is 5.82 Å². The van der Waals surface area contributed by atoms with E-state index in [9.17, 15) is 18.9 Å². The Labute approximate surface area is 122 Å². The van der Waals surface area contributed by atoms with Crippen molar-refractivity contribution in [1.82, 2.24) is 5.32 Å². The molecule has 0 spiro atoms. The van der Waals surface area contributed by atoms with Gasteiger partial charge in [-0.3, -0.25) is 10.1 Å². The maximum absolute atomic E-state index is 13.5. The zero-order valence-corrected chi connectivity index (χ0v) is 11.9. The van der Waals surface area contributed by atoms with Crippen LogP contribution in [0, 0.1) is 27.7 Å². The molecule has 4 nitrogen and oxygen atoms in total. The third kappa shape index (κ3) is 4.46. The molecule has 1 N–H and O–H groups in total. The minimum atomic E-state index is -1.14. The molecule has 0 bridgehead atoms. The molecule has 0 aliphatic heterocycles. The van der Waals surface area contributed by atoms with E-state index in [2.05, 4.69) is 5.32 Å². The lowest BCUT2D eigenvalue weighted by molar-refractivity contribution is -0.387. The normalized spacial score (nSPS) is 15.5. The van der Waals surface area contributed by atoms with Crippen LogP contribution in [0.25, 0.3) is 0 Å². The van der Waals surface area contributed by atoms with E-state index in [4.69, 9.17) is 0 Å². The van der Waals surface area contributed by atoms with Crippen LogP contribution in [0.1, 0.15) is 44.1 Å². The fourth-order valence-electron chi connectivity index (χ4n) is 2.89. The first kappa shape index (κ1) is 15.8. The highest BCUT2D eigenvalue weighted by atomic mass is 19.1. The van der Waals surface area contributed by atoms with E-state index in [1.807, 2.05) is 0 Å². The van der Waals surface area contributed by atoms with Crippen LogP contribution in [0.3, 0.4) is 0 Å². The van der Waals surface area contributed by atoms with Gasteiger partial charge in [0.15, 0.2) is 0 Å². The molecular formula is C15H20F2N2O2. The van der Waals surface area contributed by atoms with Gasteiger partial charge in [-0.1, -0.05) is 25.7 Å². The second kappa shape index (κ2) is 7.45. The number of nitrogens with zero attached hydrogens (tertiary/aromatic N) is 1. The molecule has 21 heavy (non-hydrogen) atoms. The number of nitro groups is 1. The first-order valence-electron chi connectivity index (χ1n) is 7.41. The maximum Gasteiger partial charge on any atom is 0.305 e. The van der Waals surface area contributed by atoms with Crippen LogP contribution in [0.15, 0.2) is 12.1 Å². The van der Waals surface area contributed by atoms with E-state index in [0.717, 1.165) is 24.9 Å². The van der Waals surface area contributed by atoms with Crippen molar-refractivity contribution in [3.05, 3.63) is 39.4 Å². The monoisotopic (exact) mass is 298 g/mol. The Morgan fingerprint density at radius 2 is 1.95 bits per heavy atom. The third-order valence-corrected chi connectivity index (χ3v) is 4.07. The summed E-state index contributed by atoms with van der Waals surface area (Å²) in [5.41, 5.74) is -0.553. The van der Waals surface area contributed by atoms with Gasteiger partial charge in [-0.05, 0) is 25.3 Å². The number of hydrogen-bond donors (Lipinski definition) is 1. The van der Waals surface area contributed by atoms with Gasteiger partial charge in [-0.15, -0.1) is 0 Å². The Morgan fingerprint density at radius 3 is 2.62 bits per heavy atom. The van der Waals surface area contributed by atoms with Crippen molar-refractivity contribution in [3.8, 4) is 0 Å². The molecule has 1 aliphatic carbocycles. The summed E-state index contributed by atoms with van der Waals surface area (Å²) in [7, 11) is 0. The Hall–Kier alpha value is -1.56. The predicted octanol–water partition coefficient (Wildman–Crippen LogP) is 3.93. The van der Waals surface area contributed by atoms with Gasteiger partial charge in [0.05, 0.1) is 4.92 Å². The Morgan fingerprint density at radius 1 is 1.24 bits per heavy atom. The molecule has 6 heteroatoms. The van der Waals surface area contributed by atoms with Crippen LogP contribution < -0.4 is 5.32 Å². The second-order valence-electron chi connectivity index (χ2n) is 5.62. The van der Waals surface area contributed by atoms with Crippen LogP contribution >= 0.6 is 0 Å². The highest BCUT2D eigenvalue weighted by Crippen LogP contribution is 2.28. The lowest BCUT2D eigenvalue weighted by Gasteiger charge is -2.09. The largest absolute Gasteiger partial charge is 0.313 e. The molecule has 0 aromatic heterocycles. The van der Waals surface area contributed by atoms with Crippen molar-refractivity contribution in [1.29, 1.82) is 0 Å². The van der Waals surface area contributed by atoms with Crippen molar-refractivity contribution in [2.45, 2.75) is 45.1 Å². The molecule has 0 saturated heterocycles. The van der Waals surface area contributed by atoms with E-state index < -0.39 is 22.2 Å². The summed E-state index contributed by atoms with van der Waals surface area (Å²) < 4.78 is 26.7. The predicted molar refractivity (Wildman–Crippen MR) is 75.9 cm³/mol. The lowest BCUT2D eigenvalue weighted by atomic mass is 10.0. The van der Waals surface area contributed by atoms with Gasteiger partial charge in [0.1, 0.15) is 5.82 Å². The molecule has 0 radical (unpaired) electrons. The van der Waals surface area contributed by atoms with Crippen LogP contribution in [-0.2, 0) is 6.54 Å². The molecular weight excluding hydrogens is 278 g/mol. The van der Waals surface area contributed by atoms with E-state index >= 15 is 0 Å². The fraction of sp³-hybridized carbons (Fsp3) is 0.600. The van der Waals surface area contributed by atoms with Crippen molar-refractivity contribution >= 4 is 5.69 Å². The molecule has 0 atom stereocenters. The average molecular weight is 298 g/mol. The van der Waals surface area contributed by atoms with Crippen LogP contribution in [0.5, 0.6) is 0 Å². The Bertz CT molecular complexity index is 503. The first-order chi connectivity index (χ1) is 10.1. The molecule has 1 fully saturated rings. The molecule has 1 aliphatic rings. The smallest absolute Gasteiger partial charge is 0.305 e. The summed E-state index contributed by atoms with van der Waals surface area (Å²) in [5, 5.41) is 13.7. The van der Waals surface area contributed by atoms with Gasteiger partial charge in [0, 0.05) is 24.2 Å². The zero-order chi connectivity index (χ0) is 15.2. The number of benzene rings is 1. The number of rotatable bonds is 7. The number of nitro benzene ring substituents is 1. The molecule has 1 saturated carbocycles. The molecule has 2 rings (SSSR count). The fourth-order valence-corrected chi connectivity index (χ4v) is 2.89. The summed E-state index contributed by atoms with van der Waals surface area (Å²) in [6.45, 7) is 0.915. The number of hydrogen-bond acceptors (Lipinski definition) is 3. The van der Waals surface area contributed by atoms with Crippen molar-refractivity contribution in [2.24, 2.45) is 5.92 Å². The lowest BCUT2D eigenvalue weighted by Crippen LogP contribution is -2.16. The molecule has 1 aromatic carbocycles. The number of nitrogens with one attached hydrogen (secondary N) is 1. The quantitative estimate of drug-likeness (QED) is 0.471. The van der Waals surface area contributed by atoms with E-state index in [0.29, 0.717) is 6.07 Å². The van der Waals surface area contributed by atoms with Gasteiger partial charge in [0.25, 0.3) is 0 Å². The summed E-state index contributed by atoms with van der Waals surface area (Å²) in [6, 6.07) is 1.54. The van der Waals surface area contributed by atoms with Gasteiger partial charge < -0.3 is 5.32 Å². The molecule has 0 unspecified atom stereocenters. The van der Waals surface area contributed by atoms with E-state index in [-0.39, 0.29) is 12.1 Å². The molecule has 0 amide bonds. The maximum atomic E-state index is 13.5. The van der Waals surface area contributed by atoms with Gasteiger partial charge >= 0.3 is 5.69 Å². The van der Waals surface area contributed by atoms with Gasteiger partial charge in [-0.25, -0.2) is 4.39 Å². The number of halogens is 2. The summed E-state index contributed by atoms with van der Waals surface area (Å²) in [5.74, 6) is -1.07. The van der Waals surface area contributed by atoms with Gasteiger partial charge in [-0.2, -0.15) is 4.39 Å². The second-order valence-corrected chi connectivity index (χ2v) is 5.62. The Balaban J connectivity index is 1.79. The summed E-state index contributed by atoms with van der Waals surface area (Å²) >= 11 is 0. The van der Waals surface area contributed by atoms with Crippen LogP contribution in [0.4, 0.5) is 14.5 Å². The molecule has 0 heterocycles. The first-order valence-corrected chi connectivity index (χ1v) is 7.41. The molecule has 1 aromatic rings. The zero-order valence-electron chi connectivity index (χ0n) is 11.9. The molecule has 116 valence electrons. The highest BCUT2D eigenvalue weighted by Gasteiger charge is 2.18. The summed E-state index contributed by atoms with van der Waals surface area (Å²) in [4.78, 5) is 9.80. The van der Waals surface area contributed by atoms with E-state index in [1.54, 1.807) is 0 Å².